The quantitative estimate of drug-likeness (QED) is 0.523. The van der Waals surface area contributed by atoms with Gasteiger partial charge >= 0.3 is 0 Å². The first-order valence-electron chi connectivity index (χ1n) is 5.08. The number of hydrogen-bond acceptors (Lipinski definition) is 1. The Labute approximate surface area is 69.8 Å². The minimum absolute atomic E-state index is 0.795. The minimum atomic E-state index is 0.795. The van der Waals surface area contributed by atoms with E-state index >= 15 is 0 Å². The molecule has 1 aliphatic carbocycles. The van der Waals surface area contributed by atoms with Gasteiger partial charge in [-0.05, 0) is 26.7 Å². The first-order chi connectivity index (χ1) is 5.30. The summed E-state index contributed by atoms with van der Waals surface area (Å²) in [6, 6.07) is 2.76. The lowest BCUT2D eigenvalue weighted by atomic mass is 10.2. The maximum absolute atomic E-state index is 2.69. The molecule has 0 aromatic rings. The monoisotopic (exact) mass is 153 g/mol. The third kappa shape index (κ3) is 1.31. The second-order valence-corrected chi connectivity index (χ2v) is 4.31. The van der Waals surface area contributed by atoms with Crippen LogP contribution in [0.1, 0.15) is 46.0 Å². The largest absolute Gasteiger partial charge is 0.292 e. The molecule has 0 bridgehead atoms. The summed E-state index contributed by atoms with van der Waals surface area (Å²) in [4.78, 5) is 2.69. The number of rotatable bonds is 1. The van der Waals surface area contributed by atoms with Crippen LogP contribution < -0.4 is 0 Å². The Morgan fingerprint density at radius 2 is 1.55 bits per heavy atom. The summed E-state index contributed by atoms with van der Waals surface area (Å²) in [5.74, 6) is 0. The van der Waals surface area contributed by atoms with Crippen LogP contribution in [0.4, 0.5) is 0 Å². The van der Waals surface area contributed by atoms with Crippen LogP contribution in [0, 0.1) is 0 Å². The van der Waals surface area contributed by atoms with E-state index in [0.717, 1.165) is 18.1 Å². The molecule has 0 aromatic carbocycles. The molecule has 0 spiro atoms. The summed E-state index contributed by atoms with van der Waals surface area (Å²) in [7, 11) is 0. The molecule has 2 rings (SSSR count). The summed E-state index contributed by atoms with van der Waals surface area (Å²) in [5, 5.41) is 0. The average Bonchev–Trinajstić information content (AvgIpc) is 2.57. The van der Waals surface area contributed by atoms with Gasteiger partial charge in [-0.1, -0.05) is 19.3 Å². The van der Waals surface area contributed by atoms with E-state index in [1.165, 1.54) is 32.1 Å². The predicted octanol–water partition coefficient (Wildman–Crippen LogP) is 2.41. The van der Waals surface area contributed by atoms with Crippen LogP contribution in [-0.4, -0.2) is 23.0 Å². The van der Waals surface area contributed by atoms with Crippen molar-refractivity contribution in [1.82, 2.24) is 4.90 Å². The molecule has 1 heterocycles. The van der Waals surface area contributed by atoms with E-state index in [1.54, 1.807) is 0 Å². The van der Waals surface area contributed by atoms with Crippen LogP contribution in [0.2, 0.25) is 0 Å². The predicted molar refractivity (Wildman–Crippen MR) is 47.6 cm³/mol. The topological polar surface area (TPSA) is 3.01 Å². The van der Waals surface area contributed by atoms with Gasteiger partial charge in [0.05, 0.1) is 0 Å². The summed E-state index contributed by atoms with van der Waals surface area (Å²) < 4.78 is 0. The standard InChI is InChI=1S/C10H19N/c1-8(2)11-9-6-4-3-5-7-10(9)11/h8-10H,3-7H2,1-2H3. The normalized spacial score (nSPS) is 43.4. The molecular weight excluding hydrogens is 134 g/mol. The van der Waals surface area contributed by atoms with Crippen LogP contribution in [0.5, 0.6) is 0 Å². The first-order valence-corrected chi connectivity index (χ1v) is 5.08. The summed E-state index contributed by atoms with van der Waals surface area (Å²) in [6.07, 6.45) is 7.39. The molecule has 0 radical (unpaired) electrons. The molecular formula is C10H19N. The Morgan fingerprint density at radius 3 is 2.00 bits per heavy atom. The van der Waals surface area contributed by atoms with Gasteiger partial charge in [0.15, 0.2) is 0 Å². The van der Waals surface area contributed by atoms with Gasteiger partial charge in [0.2, 0.25) is 0 Å². The fourth-order valence-electron chi connectivity index (χ4n) is 2.69. The van der Waals surface area contributed by atoms with Crippen LogP contribution >= 0.6 is 0 Å². The number of nitrogens with zero attached hydrogens (tertiary/aromatic N) is 1. The summed E-state index contributed by atoms with van der Waals surface area (Å²) in [6.45, 7) is 4.66. The molecule has 2 aliphatic rings. The zero-order chi connectivity index (χ0) is 7.84. The zero-order valence-electron chi connectivity index (χ0n) is 7.71. The molecule has 2 unspecified atom stereocenters. The molecule has 1 saturated carbocycles. The fraction of sp³-hybridized carbons (Fsp3) is 1.00. The lowest BCUT2D eigenvalue weighted by Gasteiger charge is -2.09. The molecule has 2 fully saturated rings. The van der Waals surface area contributed by atoms with Crippen molar-refractivity contribution in [2.75, 3.05) is 0 Å². The third-order valence-corrected chi connectivity index (χ3v) is 3.22. The molecule has 2 atom stereocenters. The van der Waals surface area contributed by atoms with Gasteiger partial charge in [-0.2, -0.15) is 0 Å². The SMILES string of the molecule is CC(C)N1C2CCCCCC21. The summed E-state index contributed by atoms with van der Waals surface area (Å²) in [5.41, 5.74) is 0. The smallest absolute Gasteiger partial charge is 0.0258 e. The number of fused-ring (bicyclic) bond motifs is 1. The van der Waals surface area contributed by atoms with Crippen molar-refractivity contribution in [2.24, 2.45) is 0 Å². The minimum Gasteiger partial charge on any atom is -0.292 e. The lowest BCUT2D eigenvalue weighted by Crippen LogP contribution is -2.14. The Hall–Kier alpha value is -0.0400. The zero-order valence-corrected chi connectivity index (χ0v) is 7.71. The first kappa shape index (κ1) is 7.60. The molecule has 64 valence electrons. The fourth-order valence-corrected chi connectivity index (χ4v) is 2.69. The van der Waals surface area contributed by atoms with Crippen LogP contribution in [-0.2, 0) is 0 Å². The Morgan fingerprint density at radius 1 is 1.00 bits per heavy atom. The van der Waals surface area contributed by atoms with E-state index in [-0.39, 0.29) is 0 Å². The molecule has 0 amide bonds. The van der Waals surface area contributed by atoms with Gasteiger partial charge in [0.25, 0.3) is 0 Å². The van der Waals surface area contributed by atoms with Crippen molar-refractivity contribution < 1.29 is 0 Å². The number of likely N-dealkylation sites (tertiary alicyclic amines) is 1. The third-order valence-electron chi connectivity index (χ3n) is 3.22. The van der Waals surface area contributed by atoms with Crippen molar-refractivity contribution in [3.05, 3.63) is 0 Å². The van der Waals surface area contributed by atoms with E-state index < -0.39 is 0 Å². The van der Waals surface area contributed by atoms with Gasteiger partial charge in [0.1, 0.15) is 0 Å². The second kappa shape index (κ2) is 2.78. The van der Waals surface area contributed by atoms with Gasteiger partial charge < -0.3 is 0 Å². The van der Waals surface area contributed by atoms with Crippen LogP contribution in [0.15, 0.2) is 0 Å². The highest BCUT2D eigenvalue weighted by Gasteiger charge is 2.47. The van der Waals surface area contributed by atoms with Crippen LogP contribution in [0.3, 0.4) is 0 Å². The van der Waals surface area contributed by atoms with Gasteiger partial charge in [-0.15, -0.1) is 0 Å². The van der Waals surface area contributed by atoms with Gasteiger partial charge in [0, 0.05) is 18.1 Å². The molecule has 1 nitrogen and oxygen atoms in total. The molecule has 1 aliphatic heterocycles. The highest BCUT2D eigenvalue weighted by molar-refractivity contribution is 5.04. The molecule has 0 aromatic heterocycles. The Kier molecular flexibility index (Phi) is 1.92. The van der Waals surface area contributed by atoms with Crippen molar-refractivity contribution in [3.8, 4) is 0 Å². The van der Waals surface area contributed by atoms with Crippen molar-refractivity contribution in [3.63, 3.8) is 0 Å². The van der Waals surface area contributed by atoms with Gasteiger partial charge in [-0.3, -0.25) is 4.90 Å². The molecule has 1 heteroatoms. The molecule has 11 heavy (non-hydrogen) atoms. The van der Waals surface area contributed by atoms with Crippen molar-refractivity contribution in [1.29, 1.82) is 0 Å². The maximum atomic E-state index is 2.69. The maximum Gasteiger partial charge on any atom is 0.0258 e. The number of hydrogen-bond donors (Lipinski definition) is 0. The highest BCUT2D eigenvalue weighted by atomic mass is 15.4. The van der Waals surface area contributed by atoms with E-state index in [9.17, 15) is 0 Å². The highest BCUT2D eigenvalue weighted by Crippen LogP contribution is 2.40. The molecule has 0 N–H and O–H groups in total. The lowest BCUT2D eigenvalue weighted by molar-refractivity contribution is 0.369. The second-order valence-electron chi connectivity index (χ2n) is 4.31. The van der Waals surface area contributed by atoms with Crippen molar-refractivity contribution >= 4 is 0 Å². The van der Waals surface area contributed by atoms with Gasteiger partial charge in [-0.25, -0.2) is 0 Å². The Bertz CT molecular complexity index is 130. The Balaban J connectivity index is 1.91. The van der Waals surface area contributed by atoms with Crippen LogP contribution in [0.25, 0.3) is 0 Å². The van der Waals surface area contributed by atoms with E-state index in [1.807, 2.05) is 0 Å². The van der Waals surface area contributed by atoms with Crippen molar-refractivity contribution in [2.45, 2.75) is 64.1 Å². The summed E-state index contributed by atoms with van der Waals surface area (Å²) >= 11 is 0. The van der Waals surface area contributed by atoms with E-state index in [2.05, 4.69) is 18.7 Å². The average molecular weight is 153 g/mol. The molecule has 1 saturated heterocycles. The van der Waals surface area contributed by atoms with E-state index in [0.29, 0.717) is 0 Å². The van der Waals surface area contributed by atoms with E-state index in [4.69, 9.17) is 0 Å².